The van der Waals surface area contributed by atoms with Crippen molar-refractivity contribution in [1.82, 2.24) is 10.2 Å². The molecule has 1 aromatic carbocycles. The number of benzene rings is 1. The van der Waals surface area contributed by atoms with Gasteiger partial charge < -0.3 is 15.0 Å². The Kier molecular flexibility index (Phi) is 5.65. The van der Waals surface area contributed by atoms with Crippen molar-refractivity contribution >= 4 is 21.8 Å². The fourth-order valence-electron chi connectivity index (χ4n) is 2.76. The summed E-state index contributed by atoms with van der Waals surface area (Å²) in [4.78, 5) is 13.3. The highest BCUT2D eigenvalue weighted by atomic mass is 79.9. The number of nitrogens with one attached hydrogen (secondary N) is 1. The van der Waals surface area contributed by atoms with E-state index in [1.807, 2.05) is 11.0 Å². The first-order valence-electron chi connectivity index (χ1n) is 7.36. The summed E-state index contributed by atoms with van der Waals surface area (Å²) in [6.45, 7) is 5.52. The Balaban J connectivity index is 1.91. The van der Waals surface area contributed by atoms with Crippen LogP contribution in [0.3, 0.4) is 0 Å². The third-order valence-electron chi connectivity index (χ3n) is 4.10. The highest BCUT2D eigenvalue weighted by Crippen LogP contribution is 2.28. The van der Waals surface area contributed by atoms with Crippen molar-refractivity contribution in [3.8, 4) is 5.75 Å². The molecule has 0 aromatic heterocycles. The van der Waals surface area contributed by atoms with Gasteiger partial charge >= 0.3 is 0 Å². The molecule has 1 heterocycles. The zero-order chi connectivity index (χ0) is 15.4. The minimum Gasteiger partial charge on any atom is -0.496 e. The van der Waals surface area contributed by atoms with Gasteiger partial charge in [0.1, 0.15) is 5.75 Å². The quantitative estimate of drug-likeness (QED) is 0.902. The average Bonchev–Trinajstić information content (AvgIpc) is 2.47. The second-order valence-electron chi connectivity index (χ2n) is 5.56. The van der Waals surface area contributed by atoms with Gasteiger partial charge in [-0.3, -0.25) is 4.79 Å². The summed E-state index contributed by atoms with van der Waals surface area (Å²) in [7, 11) is 1.67. The van der Waals surface area contributed by atoms with Crippen LogP contribution in [0, 0.1) is 0 Å². The van der Waals surface area contributed by atoms with Crippen LogP contribution in [0.4, 0.5) is 0 Å². The molecule has 1 aromatic rings. The second-order valence-corrected chi connectivity index (χ2v) is 6.42. The largest absolute Gasteiger partial charge is 0.496 e. The monoisotopic (exact) mass is 354 g/mol. The molecule has 1 atom stereocenters. The van der Waals surface area contributed by atoms with Crippen LogP contribution in [0.5, 0.6) is 5.75 Å². The first-order valence-corrected chi connectivity index (χ1v) is 8.15. The lowest BCUT2D eigenvalue weighted by Crippen LogP contribution is -2.44. The zero-order valence-corrected chi connectivity index (χ0v) is 14.4. The van der Waals surface area contributed by atoms with Gasteiger partial charge in [0.15, 0.2) is 0 Å². The normalized spacial score (nSPS) is 17.6. The summed E-state index contributed by atoms with van der Waals surface area (Å²) < 4.78 is 6.23. The number of rotatable bonds is 4. The van der Waals surface area contributed by atoms with Crippen molar-refractivity contribution in [1.29, 1.82) is 0 Å². The number of carbonyl (C=O) groups is 1. The Hall–Kier alpha value is -1.07. The van der Waals surface area contributed by atoms with E-state index in [9.17, 15) is 4.79 Å². The Labute approximate surface area is 135 Å². The van der Waals surface area contributed by atoms with Gasteiger partial charge in [-0.05, 0) is 53.4 Å². The number of halogens is 1. The molecule has 0 unspecified atom stereocenters. The number of amides is 1. The number of likely N-dealkylation sites (tertiary alicyclic amines) is 1. The molecule has 5 heteroatoms. The third-order valence-corrected chi connectivity index (χ3v) is 4.72. The number of piperidine rings is 1. The molecule has 0 saturated carbocycles. The average molecular weight is 355 g/mol. The topological polar surface area (TPSA) is 41.6 Å². The summed E-state index contributed by atoms with van der Waals surface area (Å²) in [6, 6.07) is 6.92. The molecule has 116 valence electrons. The fourth-order valence-corrected chi connectivity index (χ4v) is 3.32. The summed E-state index contributed by atoms with van der Waals surface area (Å²) in [6.07, 6.45) is 2.03. The molecule has 0 bridgehead atoms. The highest BCUT2D eigenvalue weighted by molar-refractivity contribution is 9.10. The predicted molar refractivity (Wildman–Crippen MR) is 87.5 cm³/mol. The number of methoxy groups -OCH3 is 1. The summed E-state index contributed by atoms with van der Waals surface area (Å²) in [5.74, 6) is 1.03. The molecule has 0 aliphatic carbocycles. The zero-order valence-electron chi connectivity index (χ0n) is 12.9. The van der Waals surface area contributed by atoms with E-state index in [-0.39, 0.29) is 11.9 Å². The third kappa shape index (κ3) is 4.20. The number of nitrogens with zero attached hydrogens (tertiary/aromatic N) is 1. The van der Waals surface area contributed by atoms with Crippen LogP contribution in [0.15, 0.2) is 22.7 Å². The van der Waals surface area contributed by atoms with Crippen molar-refractivity contribution in [2.24, 2.45) is 0 Å². The summed E-state index contributed by atoms with van der Waals surface area (Å²) >= 11 is 3.53. The minimum atomic E-state index is 0.181. The molecule has 1 saturated heterocycles. The molecule has 4 nitrogen and oxygen atoms in total. The number of hydrogen-bond donors (Lipinski definition) is 1. The van der Waals surface area contributed by atoms with E-state index in [1.165, 1.54) is 5.56 Å². The van der Waals surface area contributed by atoms with Gasteiger partial charge in [-0.2, -0.15) is 0 Å². The molecule has 0 spiro atoms. The van der Waals surface area contributed by atoms with Crippen molar-refractivity contribution in [2.75, 3.05) is 20.2 Å². The van der Waals surface area contributed by atoms with Crippen LogP contribution in [0.2, 0.25) is 0 Å². The van der Waals surface area contributed by atoms with Crippen molar-refractivity contribution in [3.63, 3.8) is 0 Å². The first kappa shape index (κ1) is 16.3. The number of carbonyl (C=O) groups excluding carboxylic acids is 1. The van der Waals surface area contributed by atoms with Crippen molar-refractivity contribution < 1.29 is 9.53 Å². The van der Waals surface area contributed by atoms with E-state index in [0.717, 1.165) is 36.2 Å². The molecule has 1 aliphatic heterocycles. The molecular formula is C16H23BrN2O2. The SMILES string of the molecule is COc1ccc([C@H](C)NC2CCN(C(C)=O)CC2)cc1Br. The highest BCUT2D eigenvalue weighted by Gasteiger charge is 2.22. The van der Waals surface area contributed by atoms with E-state index >= 15 is 0 Å². The molecule has 1 amide bonds. The van der Waals surface area contributed by atoms with Gasteiger partial charge in [-0.25, -0.2) is 0 Å². The number of ether oxygens (including phenoxy) is 1. The standard InChI is InChI=1S/C16H23BrN2O2/c1-11(13-4-5-16(21-3)15(17)10-13)18-14-6-8-19(9-7-14)12(2)20/h4-5,10-11,14,18H,6-9H2,1-3H3/t11-/m0/s1. The molecule has 2 rings (SSSR count). The Morgan fingerprint density at radius 3 is 2.62 bits per heavy atom. The van der Waals surface area contributed by atoms with Crippen LogP contribution in [0.25, 0.3) is 0 Å². The Bertz CT molecular complexity index is 499. The minimum absolute atomic E-state index is 0.181. The van der Waals surface area contributed by atoms with Crippen molar-refractivity contribution in [2.45, 2.75) is 38.8 Å². The van der Waals surface area contributed by atoms with Gasteiger partial charge in [0, 0.05) is 32.1 Å². The second kappa shape index (κ2) is 7.27. The maximum absolute atomic E-state index is 11.3. The molecule has 1 aliphatic rings. The maximum atomic E-state index is 11.3. The number of hydrogen-bond acceptors (Lipinski definition) is 3. The molecular weight excluding hydrogens is 332 g/mol. The van der Waals surface area contributed by atoms with E-state index in [1.54, 1.807) is 14.0 Å². The van der Waals surface area contributed by atoms with Gasteiger partial charge in [0.2, 0.25) is 5.91 Å². The van der Waals surface area contributed by atoms with E-state index < -0.39 is 0 Å². The van der Waals surface area contributed by atoms with Crippen LogP contribution in [-0.4, -0.2) is 37.0 Å². The maximum Gasteiger partial charge on any atom is 0.219 e. The first-order chi connectivity index (χ1) is 10.0. The van der Waals surface area contributed by atoms with Crippen LogP contribution < -0.4 is 10.1 Å². The predicted octanol–water partition coefficient (Wildman–Crippen LogP) is 3.12. The molecule has 0 radical (unpaired) electrons. The lowest BCUT2D eigenvalue weighted by molar-refractivity contribution is -0.129. The van der Waals surface area contributed by atoms with Crippen LogP contribution in [-0.2, 0) is 4.79 Å². The van der Waals surface area contributed by atoms with Crippen molar-refractivity contribution in [3.05, 3.63) is 28.2 Å². The Morgan fingerprint density at radius 1 is 1.43 bits per heavy atom. The van der Waals surface area contributed by atoms with Crippen LogP contribution in [0.1, 0.15) is 38.3 Å². The molecule has 1 N–H and O–H groups in total. The Morgan fingerprint density at radius 2 is 2.10 bits per heavy atom. The van der Waals surface area contributed by atoms with Gasteiger partial charge in [0.25, 0.3) is 0 Å². The smallest absolute Gasteiger partial charge is 0.219 e. The summed E-state index contributed by atoms with van der Waals surface area (Å²) in [5, 5.41) is 3.66. The van der Waals surface area contributed by atoms with E-state index in [0.29, 0.717) is 6.04 Å². The van der Waals surface area contributed by atoms with Crippen LogP contribution >= 0.6 is 15.9 Å². The van der Waals surface area contributed by atoms with E-state index in [2.05, 4.69) is 40.3 Å². The lowest BCUT2D eigenvalue weighted by Gasteiger charge is -2.33. The van der Waals surface area contributed by atoms with E-state index in [4.69, 9.17) is 4.74 Å². The molecule has 1 fully saturated rings. The van der Waals surface area contributed by atoms with Gasteiger partial charge in [-0.1, -0.05) is 6.07 Å². The molecule has 21 heavy (non-hydrogen) atoms. The summed E-state index contributed by atoms with van der Waals surface area (Å²) in [5.41, 5.74) is 1.23. The fraction of sp³-hybridized carbons (Fsp3) is 0.562. The van der Waals surface area contributed by atoms with Gasteiger partial charge in [-0.15, -0.1) is 0 Å². The lowest BCUT2D eigenvalue weighted by atomic mass is 10.0. The van der Waals surface area contributed by atoms with Gasteiger partial charge in [0.05, 0.1) is 11.6 Å².